The number of nitriles is 1. The second-order valence-electron chi connectivity index (χ2n) is 6.05. The van der Waals surface area contributed by atoms with Crippen molar-refractivity contribution in [3.8, 4) is 11.8 Å². The minimum Gasteiger partial charge on any atom is -0.495 e. The van der Waals surface area contributed by atoms with Crippen LogP contribution in [0.3, 0.4) is 0 Å². The third kappa shape index (κ3) is 3.07. The number of ether oxygens (including phenoxy) is 1. The predicted molar refractivity (Wildman–Crippen MR) is 99.8 cm³/mol. The number of aliphatic hydroxyl groups is 1. The summed E-state index contributed by atoms with van der Waals surface area (Å²) < 4.78 is 8.37. The summed E-state index contributed by atoms with van der Waals surface area (Å²) in [6.45, 7) is 1.91. The van der Waals surface area contributed by atoms with Crippen molar-refractivity contribution in [2.24, 2.45) is 0 Å². The molecule has 0 radical (unpaired) electrons. The molecule has 1 N–H and O–H groups in total. The van der Waals surface area contributed by atoms with E-state index in [1.165, 1.54) is 7.11 Å². The number of nitrogens with zero attached hydrogens (tertiary/aromatic N) is 3. The van der Waals surface area contributed by atoms with E-state index >= 15 is 0 Å². The summed E-state index contributed by atoms with van der Waals surface area (Å²) >= 11 is 6.07. The van der Waals surface area contributed by atoms with Crippen molar-refractivity contribution in [2.45, 2.75) is 19.5 Å². The Labute approximate surface area is 155 Å². The normalized spacial score (nSPS) is 12.1. The second kappa shape index (κ2) is 7.24. The Morgan fingerprint density at radius 3 is 2.69 bits per heavy atom. The monoisotopic (exact) mass is 371 g/mol. The van der Waals surface area contributed by atoms with Crippen LogP contribution in [0.15, 0.2) is 41.2 Å². The molecule has 3 rings (SSSR count). The number of methoxy groups -OCH3 is 1. The second-order valence-corrected chi connectivity index (χ2v) is 6.46. The lowest BCUT2D eigenvalue weighted by Gasteiger charge is -2.09. The molecule has 134 valence electrons. The van der Waals surface area contributed by atoms with Gasteiger partial charge >= 0.3 is 5.69 Å². The molecule has 6 nitrogen and oxygen atoms in total. The van der Waals surface area contributed by atoms with Gasteiger partial charge in [0.05, 0.1) is 54.0 Å². The van der Waals surface area contributed by atoms with Crippen LogP contribution in [0.1, 0.15) is 24.1 Å². The van der Waals surface area contributed by atoms with Crippen molar-refractivity contribution in [2.75, 3.05) is 13.7 Å². The summed E-state index contributed by atoms with van der Waals surface area (Å²) in [5.74, 6) is 0.530. The fourth-order valence-electron chi connectivity index (χ4n) is 2.99. The Hall–Kier alpha value is -2.75. The van der Waals surface area contributed by atoms with Gasteiger partial charge in [0.1, 0.15) is 5.75 Å². The molecule has 3 aromatic rings. The van der Waals surface area contributed by atoms with Crippen LogP contribution in [0, 0.1) is 11.3 Å². The lowest BCUT2D eigenvalue weighted by Crippen LogP contribution is -2.28. The Bertz CT molecular complexity index is 1060. The van der Waals surface area contributed by atoms with Gasteiger partial charge in [-0.25, -0.2) is 4.79 Å². The Kier molecular flexibility index (Phi) is 5.03. The fraction of sp³-hybridized carbons (Fsp3) is 0.263. The molecule has 0 aliphatic heterocycles. The highest BCUT2D eigenvalue weighted by Crippen LogP contribution is 2.26. The number of imidazole rings is 1. The molecule has 1 aromatic heterocycles. The molecule has 0 aliphatic rings. The molecule has 0 saturated carbocycles. The maximum atomic E-state index is 13.0. The summed E-state index contributed by atoms with van der Waals surface area (Å²) in [6.07, 6.45) is 0. The molecule has 0 spiro atoms. The zero-order valence-electron chi connectivity index (χ0n) is 14.4. The molecule has 2 aromatic carbocycles. The van der Waals surface area contributed by atoms with Crippen LogP contribution < -0.4 is 10.4 Å². The van der Waals surface area contributed by atoms with E-state index in [9.17, 15) is 15.2 Å². The molecule has 0 unspecified atom stereocenters. The van der Waals surface area contributed by atoms with E-state index in [0.717, 1.165) is 5.56 Å². The Morgan fingerprint density at radius 1 is 1.27 bits per heavy atom. The van der Waals surface area contributed by atoms with E-state index in [1.54, 1.807) is 46.4 Å². The molecule has 1 atom stereocenters. The van der Waals surface area contributed by atoms with Crippen LogP contribution in [0.5, 0.6) is 5.75 Å². The number of rotatable bonds is 5. The summed E-state index contributed by atoms with van der Waals surface area (Å²) in [5, 5.41) is 19.2. The zero-order valence-corrected chi connectivity index (χ0v) is 15.2. The first-order valence-corrected chi connectivity index (χ1v) is 8.46. The molecular formula is C19H18ClN3O3. The fourth-order valence-corrected chi connectivity index (χ4v) is 3.19. The molecule has 0 bridgehead atoms. The number of hydrogen-bond acceptors (Lipinski definition) is 4. The lowest BCUT2D eigenvalue weighted by molar-refractivity contribution is 0.238. The number of fused-ring (bicyclic) bond motifs is 1. The molecule has 0 aliphatic carbocycles. The highest BCUT2D eigenvalue weighted by molar-refractivity contribution is 6.32. The van der Waals surface area contributed by atoms with Gasteiger partial charge in [-0.2, -0.15) is 5.26 Å². The van der Waals surface area contributed by atoms with Gasteiger partial charge in [-0.05, 0) is 42.8 Å². The number of aliphatic hydroxyl groups excluding tert-OH is 1. The molecule has 26 heavy (non-hydrogen) atoms. The van der Waals surface area contributed by atoms with Crippen molar-refractivity contribution < 1.29 is 9.84 Å². The number of benzene rings is 2. The van der Waals surface area contributed by atoms with Gasteiger partial charge in [0.25, 0.3) is 0 Å². The first kappa shape index (κ1) is 18.1. The van der Waals surface area contributed by atoms with Crippen LogP contribution in [-0.4, -0.2) is 28.0 Å². The molecule has 0 saturated heterocycles. The molecular weight excluding hydrogens is 354 g/mol. The first-order chi connectivity index (χ1) is 12.5. The maximum Gasteiger partial charge on any atom is 0.329 e. The predicted octanol–water partition coefficient (Wildman–Crippen LogP) is 2.94. The van der Waals surface area contributed by atoms with Crippen LogP contribution in [0.25, 0.3) is 11.0 Å². The topological polar surface area (TPSA) is 80.2 Å². The smallest absolute Gasteiger partial charge is 0.329 e. The summed E-state index contributed by atoms with van der Waals surface area (Å²) in [5.41, 5.74) is 2.38. The highest BCUT2D eigenvalue weighted by atomic mass is 35.5. The van der Waals surface area contributed by atoms with Gasteiger partial charge in [0.2, 0.25) is 0 Å². The van der Waals surface area contributed by atoms with Crippen molar-refractivity contribution in [3.05, 3.63) is 63.0 Å². The quantitative estimate of drug-likeness (QED) is 0.747. The van der Waals surface area contributed by atoms with Crippen LogP contribution in [-0.2, 0) is 6.54 Å². The largest absolute Gasteiger partial charge is 0.495 e. The minimum atomic E-state index is -0.376. The van der Waals surface area contributed by atoms with E-state index in [-0.39, 0.29) is 18.3 Å². The summed E-state index contributed by atoms with van der Waals surface area (Å²) in [6, 6.07) is 12.1. The maximum absolute atomic E-state index is 13.0. The average Bonchev–Trinajstić information content (AvgIpc) is 2.93. The van der Waals surface area contributed by atoms with E-state index in [1.807, 2.05) is 6.07 Å². The standard InChI is InChI=1S/C19H18ClN3O3/c1-12(11-24)23-16-6-4-13(9-21)7-17(16)22(19(23)25)10-14-3-5-15(20)18(8-14)26-2/h3-8,12,24H,10-11H2,1-2H3/t12-/m1/s1. The zero-order chi connectivity index (χ0) is 18.8. The Balaban J connectivity index is 2.20. The van der Waals surface area contributed by atoms with Crippen LogP contribution >= 0.6 is 11.6 Å². The first-order valence-electron chi connectivity index (χ1n) is 8.08. The van der Waals surface area contributed by atoms with E-state index < -0.39 is 0 Å². The van der Waals surface area contributed by atoms with E-state index in [0.29, 0.717) is 33.9 Å². The van der Waals surface area contributed by atoms with E-state index in [2.05, 4.69) is 6.07 Å². The van der Waals surface area contributed by atoms with Crippen LogP contribution in [0.2, 0.25) is 5.02 Å². The summed E-state index contributed by atoms with van der Waals surface area (Å²) in [4.78, 5) is 13.0. The Morgan fingerprint density at radius 2 is 2.04 bits per heavy atom. The molecule has 0 amide bonds. The van der Waals surface area contributed by atoms with Crippen molar-refractivity contribution in [3.63, 3.8) is 0 Å². The van der Waals surface area contributed by atoms with Gasteiger partial charge in [-0.3, -0.25) is 9.13 Å². The van der Waals surface area contributed by atoms with E-state index in [4.69, 9.17) is 16.3 Å². The van der Waals surface area contributed by atoms with Gasteiger partial charge in [0, 0.05) is 0 Å². The lowest BCUT2D eigenvalue weighted by atomic mass is 10.2. The third-order valence-corrected chi connectivity index (χ3v) is 4.67. The highest BCUT2D eigenvalue weighted by Gasteiger charge is 2.18. The number of hydrogen-bond donors (Lipinski definition) is 1. The SMILES string of the molecule is COc1cc(Cn2c(=O)n([C@H](C)CO)c3ccc(C#N)cc32)ccc1Cl. The van der Waals surface area contributed by atoms with Gasteiger partial charge in [-0.15, -0.1) is 0 Å². The van der Waals surface area contributed by atoms with Crippen LogP contribution in [0.4, 0.5) is 0 Å². The summed E-state index contributed by atoms with van der Waals surface area (Å²) in [7, 11) is 1.53. The third-order valence-electron chi connectivity index (χ3n) is 4.35. The van der Waals surface area contributed by atoms with Gasteiger partial charge in [-0.1, -0.05) is 17.7 Å². The molecule has 0 fully saturated rings. The van der Waals surface area contributed by atoms with Crippen molar-refractivity contribution in [1.29, 1.82) is 5.26 Å². The van der Waals surface area contributed by atoms with Gasteiger partial charge < -0.3 is 9.84 Å². The molecule has 7 heteroatoms. The average molecular weight is 372 g/mol. The van der Waals surface area contributed by atoms with Gasteiger partial charge in [0.15, 0.2) is 0 Å². The van der Waals surface area contributed by atoms with Crippen molar-refractivity contribution >= 4 is 22.6 Å². The van der Waals surface area contributed by atoms with Crippen molar-refractivity contribution in [1.82, 2.24) is 9.13 Å². The minimum absolute atomic E-state index is 0.159. The number of aromatic nitrogens is 2. The number of halogens is 1. The molecule has 1 heterocycles.